The van der Waals surface area contributed by atoms with E-state index < -0.39 is 0 Å². The topological polar surface area (TPSA) is 16.4 Å². The molecule has 2 rings (SSSR count). The van der Waals surface area contributed by atoms with Crippen molar-refractivity contribution in [1.29, 1.82) is 0 Å². The van der Waals surface area contributed by atoms with Crippen molar-refractivity contribution in [2.24, 2.45) is 0 Å². The molecule has 0 fully saturated rings. The second-order valence-corrected chi connectivity index (χ2v) is 2.75. The van der Waals surface area contributed by atoms with Gasteiger partial charge in [-0.25, -0.2) is 0 Å². The van der Waals surface area contributed by atoms with Gasteiger partial charge in [0.25, 0.3) is 0 Å². The number of nitrogens with zero attached hydrogens (tertiary/aromatic N) is 1. The Bertz CT molecular complexity index is 376. The largest absolute Gasteiger partial charge is 0.384 e. The number of anilines is 1. The third-order valence-corrected chi connectivity index (χ3v) is 1.93. The Kier molecular flexibility index (Phi) is 1.74. The molecule has 0 bridgehead atoms. The summed E-state index contributed by atoms with van der Waals surface area (Å²) in [7, 11) is 0. The maximum Gasteiger partial charge on any atom is 0.0683 e. The van der Waals surface area contributed by atoms with Crippen LogP contribution < -0.4 is 5.32 Å². The van der Waals surface area contributed by atoms with Gasteiger partial charge < -0.3 is 9.72 Å². The van der Waals surface area contributed by atoms with E-state index in [1.807, 2.05) is 6.07 Å². The number of pyridine rings is 1. The lowest BCUT2D eigenvalue weighted by molar-refractivity contribution is 1.17. The maximum atomic E-state index is 3.32. The number of hydrogen-bond acceptors (Lipinski definition) is 1. The zero-order chi connectivity index (χ0) is 8.39. The summed E-state index contributed by atoms with van der Waals surface area (Å²) in [5.74, 6) is 0. The Labute approximate surface area is 71.8 Å². The molecule has 0 radical (unpaired) electrons. The van der Waals surface area contributed by atoms with Gasteiger partial charge >= 0.3 is 0 Å². The van der Waals surface area contributed by atoms with E-state index in [1.54, 1.807) is 0 Å². The molecule has 0 spiro atoms. The van der Waals surface area contributed by atoms with Gasteiger partial charge in [-0.05, 0) is 31.2 Å². The molecule has 0 aromatic carbocycles. The number of nitrogens with one attached hydrogen (secondary N) is 1. The van der Waals surface area contributed by atoms with Crippen LogP contribution in [0.5, 0.6) is 0 Å². The first kappa shape index (κ1) is 7.22. The fourth-order valence-corrected chi connectivity index (χ4v) is 1.41. The summed E-state index contributed by atoms with van der Waals surface area (Å²) < 4.78 is 2.11. The Balaban J connectivity index is 2.57. The van der Waals surface area contributed by atoms with Gasteiger partial charge in [0.1, 0.15) is 0 Å². The zero-order valence-electron chi connectivity index (χ0n) is 7.12. The number of rotatable bonds is 2. The second kappa shape index (κ2) is 2.89. The lowest BCUT2D eigenvalue weighted by atomic mass is 10.3. The van der Waals surface area contributed by atoms with Gasteiger partial charge in [0.05, 0.1) is 11.2 Å². The first-order valence-electron chi connectivity index (χ1n) is 4.21. The van der Waals surface area contributed by atoms with Crippen molar-refractivity contribution in [2.75, 3.05) is 11.9 Å². The molecule has 0 aliphatic carbocycles. The van der Waals surface area contributed by atoms with Crippen molar-refractivity contribution in [1.82, 2.24) is 4.40 Å². The first-order chi connectivity index (χ1) is 5.92. The summed E-state index contributed by atoms with van der Waals surface area (Å²) >= 11 is 0. The Morgan fingerprint density at radius 1 is 1.25 bits per heavy atom. The van der Waals surface area contributed by atoms with Gasteiger partial charge in [0.2, 0.25) is 0 Å². The molecule has 0 saturated carbocycles. The van der Waals surface area contributed by atoms with Crippen molar-refractivity contribution >= 4 is 11.2 Å². The van der Waals surface area contributed by atoms with Crippen LogP contribution in [0.3, 0.4) is 0 Å². The predicted molar refractivity (Wildman–Crippen MR) is 51.6 cm³/mol. The Morgan fingerprint density at radius 2 is 2.00 bits per heavy atom. The summed E-state index contributed by atoms with van der Waals surface area (Å²) in [5, 5.41) is 3.32. The van der Waals surface area contributed by atoms with Crippen LogP contribution in [0.2, 0.25) is 0 Å². The molecule has 0 amide bonds. The zero-order valence-corrected chi connectivity index (χ0v) is 7.12. The molecule has 0 aliphatic heterocycles. The van der Waals surface area contributed by atoms with Gasteiger partial charge in [-0.3, -0.25) is 0 Å². The first-order valence-corrected chi connectivity index (χ1v) is 4.21. The summed E-state index contributed by atoms with van der Waals surface area (Å²) in [6, 6.07) is 8.30. The van der Waals surface area contributed by atoms with Crippen LogP contribution in [0.4, 0.5) is 5.69 Å². The molecule has 2 heteroatoms. The molecule has 0 aliphatic rings. The van der Waals surface area contributed by atoms with Crippen LogP contribution in [0, 0.1) is 0 Å². The van der Waals surface area contributed by atoms with Crippen LogP contribution in [0.25, 0.3) is 5.52 Å². The predicted octanol–water partition coefficient (Wildman–Crippen LogP) is 2.37. The van der Waals surface area contributed by atoms with Crippen molar-refractivity contribution in [3.8, 4) is 0 Å². The normalized spacial score (nSPS) is 10.4. The highest BCUT2D eigenvalue weighted by molar-refractivity contribution is 5.71. The number of aromatic nitrogens is 1. The fourth-order valence-electron chi connectivity index (χ4n) is 1.41. The van der Waals surface area contributed by atoms with E-state index in [0.717, 1.165) is 6.54 Å². The van der Waals surface area contributed by atoms with E-state index in [2.05, 4.69) is 47.2 Å². The SMILES string of the molecule is CCNc1cccn2cccc12. The molecule has 2 heterocycles. The highest BCUT2D eigenvalue weighted by Crippen LogP contribution is 2.16. The van der Waals surface area contributed by atoms with Crippen LogP contribution in [-0.4, -0.2) is 10.9 Å². The lowest BCUT2D eigenvalue weighted by Crippen LogP contribution is -1.97. The standard InChI is InChI=1S/C10H12N2/c1-2-11-9-5-3-7-12-8-4-6-10(9)12/h3-8,11H,2H2,1H3. The van der Waals surface area contributed by atoms with Crippen molar-refractivity contribution in [2.45, 2.75) is 6.92 Å². The van der Waals surface area contributed by atoms with Crippen LogP contribution >= 0.6 is 0 Å². The van der Waals surface area contributed by atoms with E-state index >= 15 is 0 Å². The summed E-state index contributed by atoms with van der Waals surface area (Å²) in [6.45, 7) is 3.07. The van der Waals surface area contributed by atoms with Crippen LogP contribution in [0.1, 0.15) is 6.92 Å². The van der Waals surface area contributed by atoms with Gasteiger partial charge in [-0.2, -0.15) is 0 Å². The van der Waals surface area contributed by atoms with Crippen molar-refractivity contribution < 1.29 is 0 Å². The average Bonchev–Trinajstić information content (AvgIpc) is 2.53. The molecule has 2 aromatic rings. The minimum absolute atomic E-state index is 0.963. The quantitative estimate of drug-likeness (QED) is 0.713. The minimum atomic E-state index is 0.963. The highest BCUT2D eigenvalue weighted by atomic mass is 14.9. The van der Waals surface area contributed by atoms with E-state index in [1.165, 1.54) is 11.2 Å². The smallest absolute Gasteiger partial charge is 0.0683 e. The van der Waals surface area contributed by atoms with E-state index in [4.69, 9.17) is 0 Å². The van der Waals surface area contributed by atoms with Crippen LogP contribution in [-0.2, 0) is 0 Å². The molecule has 0 unspecified atom stereocenters. The molecule has 12 heavy (non-hydrogen) atoms. The summed E-state index contributed by atoms with van der Waals surface area (Å²) in [5.41, 5.74) is 2.43. The maximum absolute atomic E-state index is 3.32. The summed E-state index contributed by atoms with van der Waals surface area (Å²) in [6.07, 6.45) is 4.10. The van der Waals surface area contributed by atoms with Gasteiger partial charge in [-0.15, -0.1) is 0 Å². The average molecular weight is 160 g/mol. The minimum Gasteiger partial charge on any atom is -0.384 e. The Hall–Kier alpha value is -1.44. The van der Waals surface area contributed by atoms with Crippen molar-refractivity contribution in [3.63, 3.8) is 0 Å². The summed E-state index contributed by atoms with van der Waals surface area (Å²) in [4.78, 5) is 0. The molecule has 0 saturated heterocycles. The van der Waals surface area contributed by atoms with E-state index in [-0.39, 0.29) is 0 Å². The molecule has 2 nitrogen and oxygen atoms in total. The molecule has 62 valence electrons. The lowest BCUT2D eigenvalue weighted by Gasteiger charge is -2.04. The van der Waals surface area contributed by atoms with Crippen molar-refractivity contribution in [3.05, 3.63) is 36.7 Å². The molecule has 1 N–H and O–H groups in total. The third-order valence-electron chi connectivity index (χ3n) is 1.93. The van der Waals surface area contributed by atoms with Gasteiger partial charge in [-0.1, -0.05) is 0 Å². The Morgan fingerprint density at radius 3 is 2.75 bits per heavy atom. The molecule has 0 atom stereocenters. The number of fused-ring (bicyclic) bond motifs is 1. The highest BCUT2D eigenvalue weighted by Gasteiger charge is 1.96. The van der Waals surface area contributed by atoms with Gasteiger partial charge in [0.15, 0.2) is 0 Å². The molecule has 2 aromatic heterocycles. The second-order valence-electron chi connectivity index (χ2n) is 2.75. The van der Waals surface area contributed by atoms with Crippen LogP contribution in [0.15, 0.2) is 36.7 Å². The molecular formula is C10H12N2. The third kappa shape index (κ3) is 1.05. The number of hydrogen-bond donors (Lipinski definition) is 1. The molecular weight excluding hydrogens is 148 g/mol. The van der Waals surface area contributed by atoms with E-state index in [9.17, 15) is 0 Å². The van der Waals surface area contributed by atoms with E-state index in [0.29, 0.717) is 0 Å². The van der Waals surface area contributed by atoms with Gasteiger partial charge in [0, 0.05) is 18.9 Å². The monoisotopic (exact) mass is 160 g/mol. The fraction of sp³-hybridized carbons (Fsp3) is 0.200.